The van der Waals surface area contributed by atoms with Crippen LogP contribution in [0.2, 0.25) is 5.21 Å². The number of anilines is 2. The fraction of sp³-hybridized carbons (Fsp3) is 0.524. The Hall–Kier alpha value is -3.99. The zero-order valence-corrected chi connectivity index (χ0v) is 34.7. The first-order valence-electron chi connectivity index (χ1n) is 20.2. The molecule has 1 amide bonds. The molecule has 1 saturated heterocycles. The lowest BCUT2D eigenvalue weighted by Gasteiger charge is -2.45. The lowest BCUT2D eigenvalue weighted by atomic mass is 9.33. The van der Waals surface area contributed by atoms with Gasteiger partial charge in [0.1, 0.15) is 33.1 Å². The van der Waals surface area contributed by atoms with Gasteiger partial charge in [0.2, 0.25) is 5.88 Å². The number of amides is 1. The molecule has 57 heavy (non-hydrogen) atoms. The molecule has 3 saturated carbocycles. The third-order valence-corrected chi connectivity index (χ3v) is 13.2. The third kappa shape index (κ3) is 7.70. The predicted octanol–water partition coefficient (Wildman–Crippen LogP) is 7.02. The lowest BCUT2D eigenvalue weighted by Crippen LogP contribution is -2.52. The molecule has 8 radical (unpaired) electrons. The van der Waals surface area contributed by atoms with E-state index in [1.807, 2.05) is 51.1 Å². The number of allylic oxidation sites excluding steroid dienone is 3. The molecule has 15 heteroatoms. The Balaban J connectivity index is 0.00000244. The molecule has 3 aromatic rings. The quantitative estimate of drug-likeness (QED) is 0.128. The predicted molar refractivity (Wildman–Crippen MR) is 232 cm³/mol. The zero-order chi connectivity index (χ0) is 40.8. The normalized spacial score (nSPS) is 22.0. The van der Waals surface area contributed by atoms with Crippen LogP contribution in [0.1, 0.15) is 89.9 Å². The number of rotatable bonds is 10. The van der Waals surface area contributed by atoms with Crippen molar-refractivity contribution in [2.24, 2.45) is 22.7 Å². The van der Waals surface area contributed by atoms with Gasteiger partial charge in [-0.1, -0.05) is 49.9 Å². The van der Waals surface area contributed by atoms with E-state index in [1.165, 1.54) is 0 Å². The molecule has 8 rings (SSSR count). The van der Waals surface area contributed by atoms with Crippen molar-refractivity contribution >= 4 is 60.9 Å². The van der Waals surface area contributed by atoms with Crippen LogP contribution in [0.15, 0.2) is 78.0 Å². The average Bonchev–Trinajstić information content (AvgIpc) is 4.15. The first-order valence-corrected chi connectivity index (χ1v) is 21.0. The first kappa shape index (κ1) is 41.2. The van der Waals surface area contributed by atoms with E-state index in [2.05, 4.69) is 40.5 Å². The summed E-state index contributed by atoms with van der Waals surface area (Å²) in [6, 6.07) is 8.91. The average molecular weight is 777 g/mol. The number of carbonyl (C=O) groups excluding carboxylic acids is 1. The van der Waals surface area contributed by atoms with Crippen LogP contribution in [-0.2, 0) is 0 Å². The topological polar surface area (TPSA) is 106 Å². The van der Waals surface area contributed by atoms with Gasteiger partial charge in [-0.15, -0.1) is 5.10 Å². The number of nitrogens with zero attached hydrogens (tertiary/aromatic N) is 5. The molecule has 2 aliphatic heterocycles. The lowest BCUT2D eigenvalue weighted by molar-refractivity contribution is 0.0984. The Morgan fingerprint density at radius 2 is 1.81 bits per heavy atom. The standard InChI is InChI=1S/C40H45B4N7O3S.C2H6/c1-5-7-9-25(6-2)24-53-28-12-14-31-47-32(28)45-20-8-10-26-22-36(3,4)50(23-26)33-27(34(52)49-55-31)11-13-29(46-33)51-21-15-30(48-51)54-40(43,44)39(41,42)35-37(16-17-37)38(35)18-19-38;1-2/h5-7,9,11-15,21,26,35H,2,8,10,16-20,22-24H2,1,3-4H3,(H,45,47)(H,49,52);1-2H3/b7-5-,25-9+;. The van der Waals surface area contributed by atoms with Gasteiger partial charge in [-0.2, -0.15) is 0 Å². The molecule has 0 aromatic carbocycles. The highest BCUT2D eigenvalue weighted by molar-refractivity contribution is 7.97. The second kappa shape index (κ2) is 15.6. The molecular weight excluding hydrogens is 726 g/mol. The number of pyridine rings is 2. The number of hydrogen-bond donors (Lipinski definition) is 2. The number of hydrogen-bond acceptors (Lipinski definition) is 9. The van der Waals surface area contributed by atoms with Gasteiger partial charge >= 0.3 is 0 Å². The van der Waals surface area contributed by atoms with Gasteiger partial charge in [-0.3, -0.25) is 9.52 Å². The Morgan fingerprint density at radius 3 is 2.49 bits per heavy atom. The highest BCUT2D eigenvalue weighted by atomic mass is 32.2. The molecule has 2 N–H and O–H groups in total. The maximum Gasteiger partial charge on any atom is 0.265 e. The van der Waals surface area contributed by atoms with Gasteiger partial charge in [0.15, 0.2) is 17.4 Å². The van der Waals surface area contributed by atoms with Crippen LogP contribution in [0.3, 0.4) is 0 Å². The highest BCUT2D eigenvalue weighted by Gasteiger charge is 2.89. The number of ether oxygens (including phenoxy) is 2. The molecule has 3 aromatic heterocycles. The van der Waals surface area contributed by atoms with E-state index in [9.17, 15) is 4.79 Å². The summed E-state index contributed by atoms with van der Waals surface area (Å²) in [7, 11) is 26.5. The van der Waals surface area contributed by atoms with Crippen LogP contribution < -0.4 is 24.4 Å². The number of fused-ring (bicyclic) bond motifs is 7. The van der Waals surface area contributed by atoms with Crippen molar-refractivity contribution < 1.29 is 14.3 Å². The molecule has 5 heterocycles. The zero-order valence-electron chi connectivity index (χ0n) is 33.9. The molecule has 10 nitrogen and oxygen atoms in total. The summed E-state index contributed by atoms with van der Waals surface area (Å²) in [5, 5.41) is 5.46. The van der Waals surface area contributed by atoms with Crippen molar-refractivity contribution in [2.45, 2.75) is 101 Å². The third-order valence-electron chi connectivity index (χ3n) is 12.5. The van der Waals surface area contributed by atoms with E-state index in [-0.39, 0.29) is 34.1 Å². The SMILES string of the molecule is CC.[B]C([B])(Oc1ccn(-c2ccc3c(n2)N2CC(CCCNc4nc(ccc4OC/C(C=C)=C/C=C\C)SNC3=O)CC2(C)C)n1)C([B])([B])C1C2(CC2)C12CC2. The minimum atomic E-state index is -1.84. The number of aromatic nitrogens is 4. The summed E-state index contributed by atoms with van der Waals surface area (Å²) in [4.78, 5) is 26.1. The minimum absolute atomic E-state index is 0.0194. The van der Waals surface area contributed by atoms with Gasteiger partial charge in [0.25, 0.3) is 5.91 Å². The molecule has 5 aliphatic rings. The van der Waals surface area contributed by atoms with Crippen molar-refractivity contribution in [3.8, 4) is 17.4 Å². The largest absolute Gasteiger partial charge is 0.491 e. The molecule has 290 valence electrons. The monoisotopic (exact) mass is 777 g/mol. The molecule has 1 unspecified atom stereocenters. The summed E-state index contributed by atoms with van der Waals surface area (Å²) in [6.45, 7) is 16.1. The molecule has 3 aliphatic carbocycles. The van der Waals surface area contributed by atoms with Crippen LogP contribution in [0, 0.1) is 22.7 Å². The van der Waals surface area contributed by atoms with Gasteiger partial charge in [-0.25, -0.2) is 14.6 Å². The number of carbonyl (C=O) groups is 1. The molecular formula is C42H51B4N7O3S. The first-order chi connectivity index (χ1) is 27.2. The van der Waals surface area contributed by atoms with Crippen molar-refractivity contribution in [3.05, 3.63) is 78.5 Å². The van der Waals surface area contributed by atoms with E-state index in [0.717, 1.165) is 75.6 Å². The van der Waals surface area contributed by atoms with Gasteiger partial charge in [0.05, 0.1) is 21.3 Å². The summed E-state index contributed by atoms with van der Waals surface area (Å²) < 4.78 is 16.8. The second-order valence-electron chi connectivity index (χ2n) is 16.6. The molecule has 2 spiro atoms. The summed E-state index contributed by atoms with van der Waals surface area (Å²) >= 11 is 1.14. The van der Waals surface area contributed by atoms with Crippen LogP contribution in [0.4, 0.5) is 11.6 Å². The van der Waals surface area contributed by atoms with E-state index < -0.39 is 10.6 Å². The van der Waals surface area contributed by atoms with E-state index >= 15 is 0 Å². The van der Waals surface area contributed by atoms with Crippen molar-refractivity contribution in [2.75, 3.05) is 29.9 Å². The maximum absolute atomic E-state index is 14.0. The Labute approximate surface area is 347 Å². The molecule has 4 bridgehead atoms. The Bertz CT molecular complexity index is 2040. The smallest absolute Gasteiger partial charge is 0.265 e. The van der Waals surface area contributed by atoms with E-state index in [4.69, 9.17) is 50.8 Å². The van der Waals surface area contributed by atoms with Crippen LogP contribution in [0.5, 0.6) is 11.6 Å². The Morgan fingerprint density at radius 1 is 1.07 bits per heavy atom. The van der Waals surface area contributed by atoms with Crippen molar-refractivity contribution in [1.29, 1.82) is 0 Å². The fourth-order valence-corrected chi connectivity index (χ4v) is 9.99. The maximum atomic E-state index is 14.0. The van der Waals surface area contributed by atoms with Crippen LogP contribution in [0.25, 0.3) is 5.82 Å². The summed E-state index contributed by atoms with van der Waals surface area (Å²) in [6.07, 6.45) is 16.7. The second-order valence-corrected chi connectivity index (χ2v) is 17.4. The van der Waals surface area contributed by atoms with Crippen molar-refractivity contribution in [1.82, 2.24) is 24.5 Å². The fourth-order valence-electron chi connectivity index (χ4n) is 9.41. The molecule has 1 atom stereocenters. The van der Waals surface area contributed by atoms with Crippen molar-refractivity contribution in [3.63, 3.8) is 0 Å². The van der Waals surface area contributed by atoms with Gasteiger partial charge in [0, 0.05) is 48.2 Å². The van der Waals surface area contributed by atoms with Gasteiger partial charge < -0.3 is 19.7 Å². The highest BCUT2D eigenvalue weighted by Crippen LogP contribution is 2.96. The summed E-state index contributed by atoms with van der Waals surface area (Å²) in [5.41, 5.74) is 1.47. The minimum Gasteiger partial charge on any atom is -0.491 e. The van der Waals surface area contributed by atoms with E-state index in [0.29, 0.717) is 46.3 Å². The van der Waals surface area contributed by atoms with Gasteiger partial charge in [-0.05, 0) is 118 Å². The van der Waals surface area contributed by atoms with Crippen LogP contribution >= 0.6 is 11.9 Å². The molecule has 4 fully saturated rings. The van der Waals surface area contributed by atoms with Crippen LogP contribution in [-0.4, -0.2) is 87.7 Å². The Kier molecular flexibility index (Phi) is 11.3. The summed E-state index contributed by atoms with van der Waals surface area (Å²) in [5.74, 6) is 2.62. The number of nitrogens with one attached hydrogen (secondary N) is 2. The van der Waals surface area contributed by atoms with E-state index in [1.54, 1.807) is 35.2 Å².